The molecule has 2 rings (SSSR count). The van der Waals surface area contributed by atoms with Crippen LogP contribution in [0.3, 0.4) is 0 Å². The zero-order valence-electron chi connectivity index (χ0n) is 17.2. The van der Waals surface area contributed by atoms with E-state index in [2.05, 4.69) is 52.1 Å². The fraction of sp³-hybridized carbons (Fsp3) is 0.571. The number of ether oxygens (including phenoxy) is 1. The van der Waals surface area contributed by atoms with Gasteiger partial charge in [-0.3, -0.25) is 4.98 Å². The molecule has 2 aromatic heterocycles. The lowest BCUT2D eigenvalue weighted by molar-refractivity contribution is 0.185. The maximum atomic E-state index is 6.10. The zero-order valence-corrected chi connectivity index (χ0v) is 17.2. The smallest absolute Gasteiger partial charge is 0.257 e. The Labute approximate surface area is 157 Å². The van der Waals surface area contributed by atoms with Crippen LogP contribution in [-0.4, -0.2) is 28.1 Å². The molecule has 0 radical (unpaired) electrons. The molecule has 5 heteroatoms. The van der Waals surface area contributed by atoms with E-state index in [1.807, 2.05) is 14.0 Å². The highest BCUT2D eigenvalue weighted by molar-refractivity contribution is 5.67. The standard InChI is InChI=1S/C21H32N4O/c1-8-15(9-2)26-21-20(22-7)25-19(17(10-3)24-21)16-11-12-18(13(4)5)23-14(16)6/h11-13,15H,8-10H2,1-7H3,(H,22,25). The topological polar surface area (TPSA) is 59.9 Å². The van der Waals surface area contributed by atoms with Gasteiger partial charge in [0.15, 0.2) is 5.82 Å². The largest absolute Gasteiger partial charge is 0.472 e. The van der Waals surface area contributed by atoms with E-state index in [-0.39, 0.29) is 6.10 Å². The van der Waals surface area contributed by atoms with E-state index in [1.165, 1.54) is 0 Å². The van der Waals surface area contributed by atoms with E-state index < -0.39 is 0 Å². The van der Waals surface area contributed by atoms with Crippen molar-refractivity contribution >= 4 is 5.82 Å². The minimum absolute atomic E-state index is 0.153. The van der Waals surface area contributed by atoms with Gasteiger partial charge in [0, 0.05) is 24.0 Å². The summed E-state index contributed by atoms with van der Waals surface area (Å²) in [6, 6.07) is 4.20. The Morgan fingerprint density at radius 1 is 1.04 bits per heavy atom. The number of rotatable bonds is 8. The van der Waals surface area contributed by atoms with Gasteiger partial charge in [0.1, 0.15) is 6.10 Å². The summed E-state index contributed by atoms with van der Waals surface area (Å²) in [5.74, 6) is 1.67. The molecular weight excluding hydrogens is 324 g/mol. The van der Waals surface area contributed by atoms with E-state index >= 15 is 0 Å². The molecule has 0 aromatic carbocycles. The number of hydrogen-bond acceptors (Lipinski definition) is 5. The van der Waals surface area contributed by atoms with Gasteiger partial charge >= 0.3 is 0 Å². The fourth-order valence-electron chi connectivity index (χ4n) is 2.93. The molecule has 0 bridgehead atoms. The Balaban J connectivity index is 2.52. The van der Waals surface area contributed by atoms with Gasteiger partial charge < -0.3 is 10.1 Å². The molecule has 142 valence electrons. The molecule has 0 saturated heterocycles. The maximum Gasteiger partial charge on any atom is 0.257 e. The van der Waals surface area contributed by atoms with Crippen molar-refractivity contribution in [3.63, 3.8) is 0 Å². The third kappa shape index (κ3) is 4.32. The lowest BCUT2D eigenvalue weighted by atomic mass is 10.0. The predicted octanol–water partition coefficient (Wildman–Crippen LogP) is 5.14. The summed E-state index contributed by atoms with van der Waals surface area (Å²) in [5, 5.41) is 3.14. The molecule has 0 spiro atoms. The number of aryl methyl sites for hydroxylation is 2. The second-order valence-electron chi connectivity index (χ2n) is 6.86. The SMILES string of the molecule is CCc1nc(OC(CC)CC)c(NC)nc1-c1ccc(C(C)C)nc1C. The van der Waals surface area contributed by atoms with Gasteiger partial charge in [-0.15, -0.1) is 0 Å². The van der Waals surface area contributed by atoms with Crippen LogP contribution < -0.4 is 10.1 Å². The number of pyridine rings is 1. The number of nitrogens with one attached hydrogen (secondary N) is 1. The number of nitrogens with zero attached hydrogens (tertiary/aromatic N) is 3. The van der Waals surface area contributed by atoms with Gasteiger partial charge in [-0.1, -0.05) is 34.6 Å². The fourth-order valence-corrected chi connectivity index (χ4v) is 2.93. The summed E-state index contributed by atoms with van der Waals surface area (Å²) < 4.78 is 6.10. The Kier molecular flexibility index (Phi) is 6.95. The Hall–Kier alpha value is -2.17. The van der Waals surface area contributed by atoms with Gasteiger partial charge in [0.2, 0.25) is 0 Å². The Morgan fingerprint density at radius 3 is 2.23 bits per heavy atom. The summed E-state index contributed by atoms with van der Waals surface area (Å²) in [4.78, 5) is 14.4. The van der Waals surface area contributed by atoms with E-state index in [9.17, 15) is 0 Å². The Morgan fingerprint density at radius 2 is 1.73 bits per heavy atom. The molecule has 0 unspecified atom stereocenters. The van der Waals surface area contributed by atoms with Crippen molar-refractivity contribution in [3.05, 3.63) is 29.2 Å². The molecule has 0 aliphatic heterocycles. The molecule has 0 atom stereocenters. The second kappa shape index (κ2) is 8.97. The first-order chi connectivity index (χ1) is 12.4. The first-order valence-electron chi connectivity index (χ1n) is 9.68. The van der Waals surface area contributed by atoms with Crippen molar-refractivity contribution in [1.82, 2.24) is 15.0 Å². The summed E-state index contributed by atoms with van der Waals surface area (Å²) in [6.07, 6.45) is 2.84. The van der Waals surface area contributed by atoms with Crippen LogP contribution in [0.2, 0.25) is 0 Å². The van der Waals surface area contributed by atoms with Crippen molar-refractivity contribution in [1.29, 1.82) is 0 Å². The zero-order chi connectivity index (χ0) is 19.3. The lowest BCUT2D eigenvalue weighted by Gasteiger charge is -2.19. The molecule has 2 heterocycles. The molecular formula is C21H32N4O. The maximum absolute atomic E-state index is 6.10. The van der Waals surface area contributed by atoms with Crippen LogP contribution in [-0.2, 0) is 6.42 Å². The van der Waals surface area contributed by atoms with Crippen LogP contribution in [0, 0.1) is 6.92 Å². The third-order valence-corrected chi connectivity index (χ3v) is 4.65. The summed E-state index contributed by atoms with van der Waals surface area (Å²) >= 11 is 0. The van der Waals surface area contributed by atoms with Crippen LogP contribution in [0.1, 0.15) is 70.5 Å². The average Bonchev–Trinajstić information content (AvgIpc) is 2.65. The van der Waals surface area contributed by atoms with Gasteiger partial charge in [-0.05, 0) is 44.2 Å². The van der Waals surface area contributed by atoms with Crippen molar-refractivity contribution in [2.45, 2.75) is 72.8 Å². The van der Waals surface area contributed by atoms with Gasteiger partial charge in [-0.2, -0.15) is 0 Å². The van der Waals surface area contributed by atoms with Crippen LogP contribution in [0.15, 0.2) is 12.1 Å². The number of aromatic nitrogens is 3. The van der Waals surface area contributed by atoms with Gasteiger partial charge in [0.25, 0.3) is 5.88 Å². The first kappa shape index (κ1) is 20.1. The van der Waals surface area contributed by atoms with Gasteiger partial charge in [-0.25, -0.2) is 9.97 Å². The summed E-state index contributed by atoms with van der Waals surface area (Å²) in [5.41, 5.74) is 4.93. The average molecular weight is 357 g/mol. The lowest BCUT2D eigenvalue weighted by Crippen LogP contribution is -2.17. The number of hydrogen-bond donors (Lipinski definition) is 1. The van der Waals surface area contributed by atoms with Gasteiger partial charge in [0.05, 0.1) is 11.4 Å². The first-order valence-corrected chi connectivity index (χ1v) is 9.68. The van der Waals surface area contributed by atoms with E-state index in [4.69, 9.17) is 19.7 Å². The Bertz CT molecular complexity index is 739. The number of anilines is 1. The van der Waals surface area contributed by atoms with E-state index in [0.717, 1.165) is 47.6 Å². The molecule has 0 saturated carbocycles. The molecule has 2 aromatic rings. The highest BCUT2D eigenvalue weighted by Crippen LogP contribution is 2.31. The summed E-state index contributed by atoms with van der Waals surface area (Å²) in [6.45, 7) is 12.7. The van der Waals surface area contributed by atoms with Crippen LogP contribution >= 0.6 is 0 Å². The summed E-state index contributed by atoms with van der Waals surface area (Å²) in [7, 11) is 1.85. The highest BCUT2D eigenvalue weighted by Gasteiger charge is 2.19. The monoisotopic (exact) mass is 356 g/mol. The molecule has 0 aliphatic carbocycles. The van der Waals surface area contributed by atoms with Crippen LogP contribution in [0.25, 0.3) is 11.3 Å². The predicted molar refractivity (Wildman–Crippen MR) is 108 cm³/mol. The second-order valence-corrected chi connectivity index (χ2v) is 6.86. The minimum atomic E-state index is 0.153. The highest BCUT2D eigenvalue weighted by atomic mass is 16.5. The molecule has 0 amide bonds. The third-order valence-electron chi connectivity index (χ3n) is 4.65. The molecule has 1 N–H and O–H groups in total. The quantitative estimate of drug-likeness (QED) is 0.709. The molecule has 26 heavy (non-hydrogen) atoms. The minimum Gasteiger partial charge on any atom is -0.472 e. The van der Waals surface area contributed by atoms with Crippen molar-refractivity contribution < 1.29 is 4.74 Å². The van der Waals surface area contributed by atoms with E-state index in [0.29, 0.717) is 17.6 Å². The van der Waals surface area contributed by atoms with Crippen molar-refractivity contribution in [2.75, 3.05) is 12.4 Å². The molecule has 5 nitrogen and oxygen atoms in total. The van der Waals surface area contributed by atoms with Crippen molar-refractivity contribution in [3.8, 4) is 17.1 Å². The van der Waals surface area contributed by atoms with Crippen molar-refractivity contribution in [2.24, 2.45) is 0 Å². The molecule has 0 aliphatic rings. The van der Waals surface area contributed by atoms with Crippen LogP contribution in [0.5, 0.6) is 5.88 Å². The van der Waals surface area contributed by atoms with E-state index in [1.54, 1.807) is 0 Å². The molecule has 0 fully saturated rings. The normalized spacial score (nSPS) is 11.3. The van der Waals surface area contributed by atoms with Crippen LogP contribution in [0.4, 0.5) is 5.82 Å².